The van der Waals surface area contributed by atoms with E-state index in [0.29, 0.717) is 19.0 Å². The quantitative estimate of drug-likeness (QED) is 0.661. The SMILES string of the molecule is Cc1ccc([C@@H]2CN3C(=O)CN(CCC(C)C)C(=O)[C@]3(C)c3[nH]c4ccccc4c32)cc1. The molecule has 3 heterocycles. The van der Waals surface area contributed by atoms with Gasteiger partial charge in [-0.05, 0) is 43.4 Å². The summed E-state index contributed by atoms with van der Waals surface area (Å²) in [5.74, 6) is 0.545. The minimum absolute atomic E-state index is 0.0212. The Hall–Kier alpha value is -3.08. The maximum atomic E-state index is 13.9. The number of amides is 2. The molecule has 5 nitrogen and oxygen atoms in total. The number of para-hydroxylation sites is 1. The lowest BCUT2D eigenvalue weighted by Gasteiger charge is -2.51. The van der Waals surface area contributed by atoms with Gasteiger partial charge in [-0.15, -0.1) is 0 Å². The summed E-state index contributed by atoms with van der Waals surface area (Å²) in [5.41, 5.74) is 4.39. The molecule has 32 heavy (non-hydrogen) atoms. The molecule has 2 amide bonds. The zero-order chi connectivity index (χ0) is 22.6. The Morgan fingerprint density at radius 1 is 1.09 bits per heavy atom. The normalized spacial score (nSPS) is 23.1. The summed E-state index contributed by atoms with van der Waals surface area (Å²) >= 11 is 0. The van der Waals surface area contributed by atoms with Crippen LogP contribution in [0.1, 0.15) is 55.5 Å². The molecule has 1 fully saturated rings. The fourth-order valence-corrected chi connectivity index (χ4v) is 5.37. The molecule has 0 unspecified atom stereocenters. The van der Waals surface area contributed by atoms with Crippen molar-refractivity contribution in [3.05, 3.63) is 70.9 Å². The van der Waals surface area contributed by atoms with Gasteiger partial charge in [0.1, 0.15) is 0 Å². The highest BCUT2D eigenvalue weighted by atomic mass is 16.2. The van der Waals surface area contributed by atoms with Gasteiger partial charge in [-0.3, -0.25) is 9.59 Å². The van der Waals surface area contributed by atoms with Crippen molar-refractivity contribution in [1.82, 2.24) is 14.8 Å². The largest absolute Gasteiger partial charge is 0.356 e. The zero-order valence-electron chi connectivity index (χ0n) is 19.3. The van der Waals surface area contributed by atoms with Crippen LogP contribution in [0.15, 0.2) is 48.5 Å². The first kappa shape index (κ1) is 20.8. The lowest BCUT2D eigenvalue weighted by atomic mass is 9.76. The smallest absolute Gasteiger partial charge is 0.254 e. The number of hydrogen-bond acceptors (Lipinski definition) is 2. The van der Waals surface area contributed by atoms with E-state index in [2.05, 4.69) is 62.2 Å². The van der Waals surface area contributed by atoms with E-state index >= 15 is 0 Å². The minimum Gasteiger partial charge on any atom is -0.356 e. The Balaban J connectivity index is 1.69. The molecule has 2 aliphatic rings. The number of carbonyl (C=O) groups excluding carboxylic acids is 2. The predicted molar refractivity (Wildman–Crippen MR) is 126 cm³/mol. The van der Waals surface area contributed by atoms with E-state index in [4.69, 9.17) is 0 Å². The second kappa shape index (κ2) is 7.51. The van der Waals surface area contributed by atoms with E-state index < -0.39 is 5.54 Å². The number of nitrogens with zero attached hydrogens (tertiary/aromatic N) is 2. The highest BCUT2D eigenvalue weighted by molar-refractivity contribution is 6.01. The van der Waals surface area contributed by atoms with E-state index in [-0.39, 0.29) is 24.3 Å². The molecule has 5 heteroatoms. The lowest BCUT2D eigenvalue weighted by molar-refractivity contribution is -0.166. The van der Waals surface area contributed by atoms with Gasteiger partial charge in [0.25, 0.3) is 5.91 Å². The number of aromatic amines is 1. The molecule has 1 N–H and O–H groups in total. The van der Waals surface area contributed by atoms with E-state index in [1.165, 1.54) is 11.1 Å². The Morgan fingerprint density at radius 2 is 1.81 bits per heavy atom. The molecule has 166 valence electrons. The number of aryl methyl sites for hydroxylation is 1. The van der Waals surface area contributed by atoms with Crippen LogP contribution < -0.4 is 0 Å². The Labute approximate surface area is 189 Å². The van der Waals surface area contributed by atoms with Crippen LogP contribution in [0.3, 0.4) is 0 Å². The van der Waals surface area contributed by atoms with Crippen LogP contribution in [-0.4, -0.2) is 46.2 Å². The molecule has 3 aromatic rings. The number of piperazine rings is 1. The monoisotopic (exact) mass is 429 g/mol. The van der Waals surface area contributed by atoms with E-state index in [0.717, 1.165) is 28.6 Å². The summed E-state index contributed by atoms with van der Waals surface area (Å²) in [7, 11) is 0. The lowest BCUT2D eigenvalue weighted by Crippen LogP contribution is -2.67. The first-order valence-corrected chi connectivity index (χ1v) is 11.6. The zero-order valence-corrected chi connectivity index (χ0v) is 19.3. The van der Waals surface area contributed by atoms with Crippen LogP contribution >= 0.6 is 0 Å². The number of aromatic nitrogens is 1. The molecule has 1 saturated heterocycles. The third-order valence-corrected chi connectivity index (χ3v) is 7.27. The Morgan fingerprint density at radius 3 is 2.53 bits per heavy atom. The average molecular weight is 430 g/mol. The van der Waals surface area contributed by atoms with Crippen molar-refractivity contribution in [2.75, 3.05) is 19.6 Å². The van der Waals surface area contributed by atoms with Crippen LogP contribution in [-0.2, 0) is 15.1 Å². The molecule has 5 rings (SSSR count). The third-order valence-electron chi connectivity index (χ3n) is 7.27. The van der Waals surface area contributed by atoms with Gasteiger partial charge < -0.3 is 14.8 Å². The number of fused-ring (bicyclic) bond motifs is 5. The molecular weight excluding hydrogens is 398 g/mol. The van der Waals surface area contributed by atoms with Crippen LogP contribution in [0, 0.1) is 12.8 Å². The van der Waals surface area contributed by atoms with Crippen molar-refractivity contribution in [1.29, 1.82) is 0 Å². The topological polar surface area (TPSA) is 56.4 Å². The maximum absolute atomic E-state index is 13.9. The molecule has 0 bridgehead atoms. The standard InChI is InChI=1S/C27H31N3O2/c1-17(2)13-14-29-16-23(31)30-15-21(19-11-9-18(3)10-12-19)24-20-7-5-6-8-22(20)28-25(24)27(30,4)26(29)32/h5-12,17,21,28H,13-16H2,1-4H3/t21-,27-/m0/s1. The Bertz CT molecular complexity index is 1190. The van der Waals surface area contributed by atoms with Gasteiger partial charge >= 0.3 is 0 Å². The number of benzene rings is 2. The molecular formula is C27H31N3O2. The number of nitrogens with one attached hydrogen (secondary N) is 1. The van der Waals surface area contributed by atoms with E-state index in [9.17, 15) is 9.59 Å². The molecule has 0 spiro atoms. The fraction of sp³-hybridized carbons (Fsp3) is 0.407. The first-order valence-electron chi connectivity index (χ1n) is 11.6. The van der Waals surface area contributed by atoms with Crippen LogP contribution in [0.25, 0.3) is 10.9 Å². The molecule has 0 saturated carbocycles. The first-order chi connectivity index (χ1) is 15.3. The Kier molecular flexibility index (Phi) is 4.88. The summed E-state index contributed by atoms with van der Waals surface area (Å²) in [6, 6.07) is 16.8. The second-order valence-corrected chi connectivity index (χ2v) is 9.91. The van der Waals surface area contributed by atoms with Gasteiger partial charge in [-0.2, -0.15) is 0 Å². The van der Waals surface area contributed by atoms with Gasteiger partial charge in [0.2, 0.25) is 5.91 Å². The van der Waals surface area contributed by atoms with Crippen molar-refractivity contribution >= 4 is 22.7 Å². The van der Waals surface area contributed by atoms with E-state index in [1.54, 1.807) is 4.90 Å². The second-order valence-electron chi connectivity index (χ2n) is 9.91. The highest BCUT2D eigenvalue weighted by Gasteiger charge is 2.56. The van der Waals surface area contributed by atoms with Crippen LogP contribution in [0.5, 0.6) is 0 Å². The maximum Gasteiger partial charge on any atom is 0.254 e. The summed E-state index contributed by atoms with van der Waals surface area (Å²) in [4.78, 5) is 34.4. The fourth-order valence-electron chi connectivity index (χ4n) is 5.37. The highest BCUT2D eigenvalue weighted by Crippen LogP contribution is 2.48. The third kappa shape index (κ3) is 3.06. The molecule has 2 aliphatic heterocycles. The van der Waals surface area contributed by atoms with Gasteiger partial charge in [-0.1, -0.05) is 61.9 Å². The molecule has 0 radical (unpaired) electrons. The molecule has 2 atom stereocenters. The van der Waals surface area contributed by atoms with Crippen molar-refractivity contribution in [2.45, 2.75) is 45.6 Å². The number of carbonyl (C=O) groups is 2. The summed E-state index contributed by atoms with van der Waals surface area (Å²) in [5, 5.41) is 1.13. The van der Waals surface area contributed by atoms with Crippen molar-refractivity contribution < 1.29 is 9.59 Å². The number of rotatable bonds is 4. The van der Waals surface area contributed by atoms with Crippen molar-refractivity contribution in [3.8, 4) is 0 Å². The summed E-state index contributed by atoms with van der Waals surface area (Å²) < 4.78 is 0. The van der Waals surface area contributed by atoms with Crippen molar-refractivity contribution in [3.63, 3.8) is 0 Å². The average Bonchev–Trinajstić information content (AvgIpc) is 3.17. The molecule has 1 aromatic heterocycles. The summed E-state index contributed by atoms with van der Waals surface area (Å²) in [6.07, 6.45) is 0.890. The van der Waals surface area contributed by atoms with Gasteiger partial charge in [-0.25, -0.2) is 0 Å². The van der Waals surface area contributed by atoms with Gasteiger partial charge in [0.15, 0.2) is 5.54 Å². The molecule has 0 aliphatic carbocycles. The van der Waals surface area contributed by atoms with E-state index in [1.807, 2.05) is 24.0 Å². The summed E-state index contributed by atoms with van der Waals surface area (Å²) in [6.45, 7) is 9.59. The van der Waals surface area contributed by atoms with Gasteiger partial charge in [0.05, 0.1) is 12.2 Å². The number of hydrogen-bond donors (Lipinski definition) is 1. The van der Waals surface area contributed by atoms with Crippen LogP contribution in [0.2, 0.25) is 0 Å². The van der Waals surface area contributed by atoms with Gasteiger partial charge in [0, 0.05) is 29.9 Å². The predicted octanol–water partition coefficient (Wildman–Crippen LogP) is 4.55. The minimum atomic E-state index is -1.01. The van der Waals surface area contributed by atoms with Crippen molar-refractivity contribution in [2.24, 2.45) is 5.92 Å². The molecule has 2 aromatic carbocycles. The van der Waals surface area contributed by atoms with Crippen LogP contribution in [0.4, 0.5) is 0 Å². The number of H-pyrrole nitrogens is 1.